The van der Waals surface area contributed by atoms with Crippen molar-refractivity contribution in [1.82, 2.24) is 15.2 Å². The summed E-state index contributed by atoms with van der Waals surface area (Å²) in [6.07, 6.45) is 5.97. The topological polar surface area (TPSA) is 28.2 Å². The maximum absolute atomic E-state index is 4.28. The number of halogens is 2. The van der Waals surface area contributed by atoms with Crippen LogP contribution in [0.3, 0.4) is 0 Å². The third kappa shape index (κ3) is 4.70. The number of pyridine rings is 1. The largest absolute Gasteiger partial charge is 0.314 e. The van der Waals surface area contributed by atoms with E-state index >= 15 is 0 Å². The van der Waals surface area contributed by atoms with Crippen molar-refractivity contribution in [1.29, 1.82) is 0 Å². The van der Waals surface area contributed by atoms with Crippen LogP contribution in [0, 0.1) is 0 Å². The van der Waals surface area contributed by atoms with Crippen molar-refractivity contribution in [2.45, 2.75) is 17.5 Å². The molecule has 0 spiro atoms. The molecule has 1 aromatic carbocycles. The van der Waals surface area contributed by atoms with Gasteiger partial charge in [0.1, 0.15) is 0 Å². The summed E-state index contributed by atoms with van der Waals surface area (Å²) in [6.45, 7) is 4.06. The second-order valence-electron chi connectivity index (χ2n) is 5.43. The first-order valence-corrected chi connectivity index (χ1v) is 9.47. The van der Waals surface area contributed by atoms with Gasteiger partial charge in [0.15, 0.2) is 0 Å². The number of aromatic nitrogens is 1. The van der Waals surface area contributed by atoms with Gasteiger partial charge in [0.2, 0.25) is 0 Å². The molecule has 1 aromatic heterocycles. The van der Waals surface area contributed by atoms with Gasteiger partial charge >= 0.3 is 0 Å². The molecule has 0 saturated carbocycles. The smallest absolute Gasteiger partial charge is 0.0492 e. The highest BCUT2D eigenvalue weighted by molar-refractivity contribution is 9.10. The number of piperazine rings is 1. The fraction of sp³-hybridized carbons (Fsp3) is 0.353. The summed E-state index contributed by atoms with van der Waals surface area (Å²) < 4.78 is 1.14. The Hall–Kier alpha value is -0.590. The van der Waals surface area contributed by atoms with Crippen molar-refractivity contribution in [2.75, 3.05) is 25.9 Å². The van der Waals surface area contributed by atoms with Crippen molar-refractivity contribution < 1.29 is 0 Å². The summed E-state index contributed by atoms with van der Waals surface area (Å²) in [5, 5.41) is 3.50. The Morgan fingerprint density at radius 1 is 1.39 bits per heavy atom. The second kappa shape index (κ2) is 9.04. The van der Waals surface area contributed by atoms with Crippen LogP contribution in [0.4, 0.5) is 0 Å². The van der Waals surface area contributed by atoms with Crippen molar-refractivity contribution in [3.05, 3.63) is 58.3 Å². The highest BCUT2D eigenvalue weighted by Crippen LogP contribution is 2.29. The molecule has 0 aliphatic carbocycles. The molecular formula is C17H21BrClN3S. The van der Waals surface area contributed by atoms with Crippen LogP contribution in [0.25, 0.3) is 0 Å². The van der Waals surface area contributed by atoms with E-state index in [4.69, 9.17) is 0 Å². The van der Waals surface area contributed by atoms with Crippen LogP contribution in [-0.2, 0) is 6.54 Å². The van der Waals surface area contributed by atoms with Crippen molar-refractivity contribution in [3.8, 4) is 0 Å². The average Bonchev–Trinajstić information content (AvgIpc) is 2.57. The van der Waals surface area contributed by atoms with E-state index in [1.807, 2.05) is 30.2 Å². The summed E-state index contributed by atoms with van der Waals surface area (Å²) in [7, 11) is 0. The normalized spacial score (nSPS) is 18.4. The van der Waals surface area contributed by atoms with Crippen molar-refractivity contribution >= 4 is 40.1 Å². The van der Waals surface area contributed by atoms with E-state index in [0.29, 0.717) is 6.04 Å². The van der Waals surface area contributed by atoms with Crippen LogP contribution >= 0.6 is 40.1 Å². The lowest BCUT2D eigenvalue weighted by Gasteiger charge is -2.36. The Kier molecular flexibility index (Phi) is 7.37. The molecule has 1 saturated heterocycles. The Morgan fingerprint density at radius 2 is 2.26 bits per heavy atom. The van der Waals surface area contributed by atoms with Crippen LogP contribution < -0.4 is 5.32 Å². The Morgan fingerprint density at radius 3 is 3.00 bits per heavy atom. The summed E-state index contributed by atoms with van der Waals surface area (Å²) >= 11 is 5.38. The summed E-state index contributed by atoms with van der Waals surface area (Å²) in [4.78, 5) is 8.18. The molecule has 0 bridgehead atoms. The first-order chi connectivity index (χ1) is 10.8. The SMILES string of the molecule is CSc1cc(Br)ccc1CN1CCNCC1c1cccnc1.Cl. The van der Waals surface area contributed by atoms with Gasteiger partial charge in [0, 0.05) is 54.0 Å². The highest BCUT2D eigenvalue weighted by Gasteiger charge is 2.24. The van der Waals surface area contributed by atoms with Gasteiger partial charge in [0.05, 0.1) is 0 Å². The fourth-order valence-electron chi connectivity index (χ4n) is 2.91. The van der Waals surface area contributed by atoms with Crippen LogP contribution in [0.5, 0.6) is 0 Å². The molecule has 1 atom stereocenters. The van der Waals surface area contributed by atoms with E-state index in [9.17, 15) is 0 Å². The van der Waals surface area contributed by atoms with Gasteiger partial charge in [0.25, 0.3) is 0 Å². The van der Waals surface area contributed by atoms with Crippen LogP contribution in [0.15, 0.2) is 52.1 Å². The fourth-order valence-corrected chi connectivity index (χ4v) is 4.06. The molecule has 6 heteroatoms. The lowest BCUT2D eigenvalue weighted by Crippen LogP contribution is -2.45. The number of thioether (sulfide) groups is 1. The molecule has 2 aromatic rings. The van der Waals surface area contributed by atoms with E-state index < -0.39 is 0 Å². The summed E-state index contributed by atoms with van der Waals surface area (Å²) in [6, 6.07) is 11.2. The predicted octanol–water partition coefficient (Wildman–Crippen LogP) is 4.13. The van der Waals surface area contributed by atoms with Crippen LogP contribution in [0.1, 0.15) is 17.2 Å². The maximum atomic E-state index is 4.28. The predicted molar refractivity (Wildman–Crippen MR) is 103 cm³/mol. The van der Waals surface area contributed by atoms with Gasteiger partial charge < -0.3 is 5.32 Å². The number of nitrogens with zero attached hydrogens (tertiary/aromatic N) is 2. The minimum Gasteiger partial charge on any atom is -0.314 e. The zero-order valence-corrected chi connectivity index (χ0v) is 16.3. The quantitative estimate of drug-likeness (QED) is 0.761. The lowest BCUT2D eigenvalue weighted by molar-refractivity contribution is 0.152. The van der Waals surface area contributed by atoms with Crippen molar-refractivity contribution in [3.63, 3.8) is 0 Å². The molecule has 3 rings (SSSR count). The molecule has 2 heterocycles. The number of hydrogen-bond acceptors (Lipinski definition) is 4. The molecule has 1 N–H and O–H groups in total. The van der Waals surface area contributed by atoms with Gasteiger partial charge in [-0.05, 0) is 35.6 Å². The van der Waals surface area contributed by atoms with Gasteiger partial charge in [-0.2, -0.15) is 0 Å². The standard InChI is InChI=1S/C17H20BrN3S.ClH/c1-22-17-9-15(18)5-4-14(17)12-21-8-7-20-11-16(21)13-3-2-6-19-10-13;/h2-6,9-10,16,20H,7-8,11-12H2,1H3;1H. The van der Waals surface area contributed by atoms with E-state index in [0.717, 1.165) is 30.7 Å². The van der Waals surface area contributed by atoms with Crippen molar-refractivity contribution in [2.24, 2.45) is 0 Å². The summed E-state index contributed by atoms with van der Waals surface area (Å²) in [5.74, 6) is 0. The molecule has 23 heavy (non-hydrogen) atoms. The van der Waals surface area contributed by atoms with Crippen LogP contribution in [-0.4, -0.2) is 35.8 Å². The highest BCUT2D eigenvalue weighted by atomic mass is 79.9. The van der Waals surface area contributed by atoms with E-state index in [1.54, 1.807) is 0 Å². The maximum Gasteiger partial charge on any atom is 0.0492 e. The van der Waals surface area contributed by atoms with E-state index in [-0.39, 0.29) is 12.4 Å². The minimum atomic E-state index is 0. The molecule has 0 radical (unpaired) electrons. The third-order valence-corrected chi connectivity index (χ3v) is 5.36. The third-order valence-electron chi connectivity index (χ3n) is 4.05. The van der Waals surface area contributed by atoms with Gasteiger partial charge in [-0.1, -0.05) is 28.1 Å². The lowest BCUT2D eigenvalue weighted by atomic mass is 10.0. The zero-order valence-electron chi connectivity index (χ0n) is 13.0. The first-order valence-electron chi connectivity index (χ1n) is 7.45. The molecule has 1 aliphatic heterocycles. The molecule has 1 aliphatic rings. The molecule has 3 nitrogen and oxygen atoms in total. The molecular weight excluding hydrogens is 394 g/mol. The van der Waals surface area contributed by atoms with Gasteiger partial charge in [-0.3, -0.25) is 9.88 Å². The molecule has 0 amide bonds. The molecule has 124 valence electrons. The molecule has 1 fully saturated rings. The number of hydrogen-bond donors (Lipinski definition) is 1. The first kappa shape index (κ1) is 18.7. The van der Waals surface area contributed by atoms with Crippen LogP contribution in [0.2, 0.25) is 0 Å². The van der Waals surface area contributed by atoms with Gasteiger partial charge in [-0.15, -0.1) is 24.2 Å². The monoisotopic (exact) mass is 413 g/mol. The average molecular weight is 415 g/mol. The number of nitrogens with one attached hydrogen (secondary N) is 1. The second-order valence-corrected chi connectivity index (χ2v) is 7.20. The zero-order chi connectivity index (χ0) is 15.4. The minimum absolute atomic E-state index is 0. The van der Waals surface area contributed by atoms with E-state index in [2.05, 4.69) is 61.7 Å². The molecule has 1 unspecified atom stereocenters. The number of benzene rings is 1. The van der Waals surface area contributed by atoms with Gasteiger partial charge in [-0.25, -0.2) is 0 Å². The number of rotatable bonds is 4. The Bertz CT molecular complexity index is 626. The van der Waals surface area contributed by atoms with E-state index in [1.165, 1.54) is 16.0 Å². The Labute approximate surface area is 156 Å². The summed E-state index contributed by atoms with van der Waals surface area (Å²) in [5.41, 5.74) is 2.68. The Balaban J connectivity index is 0.00000192.